The van der Waals surface area contributed by atoms with Crippen LogP contribution in [-0.2, 0) is 16.0 Å². The highest BCUT2D eigenvalue weighted by atomic mass is 32.1. The summed E-state index contributed by atoms with van der Waals surface area (Å²) < 4.78 is 4.83. The van der Waals surface area contributed by atoms with E-state index in [-0.39, 0.29) is 11.7 Å². The van der Waals surface area contributed by atoms with Crippen LogP contribution >= 0.6 is 12.6 Å². The Labute approximate surface area is 94.5 Å². The minimum atomic E-state index is -0.450. The van der Waals surface area contributed by atoms with Crippen molar-refractivity contribution in [2.45, 2.75) is 18.6 Å². The lowest BCUT2D eigenvalue weighted by molar-refractivity contribution is -0.142. The van der Waals surface area contributed by atoms with Gasteiger partial charge in [-0.1, -0.05) is 12.1 Å². The van der Waals surface area contributed by atoms with Crippen LogP contribution in [0.3, 0.4) is 0 Å². The van der Waals surface area contributed by atoms with Gasteiger partial charge in [-0.05, 0) is 31.0 Å². The van der Waals surface area contributed by atoms with Crippen molar-refractivity contribution in [2.75, 3.05) is 6.61 Å². The van der Waals surface area contributed by atoms with Crippen LogP contribution < -0.4 is 0 Å². The number of phenols is 1. The summed E-state index contributed by atoms with van der Waals surface area (Å²) in [7, 11) is 0. The van der Waals surface area contributed by atoms with Crippen molar-refractivity contribution in [3.8, 4) is 5.75 Å². The summed E-state index contributed by atoms with van der Waals surface area (Å²) in [5, 5.41) is 8.62. The lowest BCUT2D eigenvalue weighted by atomic mass is 10.1. The molecule has 1 rings (SSSR count). The minimum Gasteiger partial charge on any atom is -0.508 e. The van der Waals surface area contributed by atoms with Crippen LogP contribution in [-0.4, -0.2) is 22.9 Å². The third kappa shape index (κ3) is 3.83. The lowest BCUT2D eigenvalue weighted by Gasteiger charge is -2.09. The molecule has 15 heavy (non-hydrogen) atoms. The number of carbonyl (C=O) groups excluding carboxylic acids is 1. The number of benzene rings is 1. The second kappa shape index (κ2) is 5.66. The minimum absolute atomic E-state index is 0.214. The Kier molecular flexibility index (Phi) is 4.49. The molecule has 0 heterocycles. The Morgan fingerprint density at radius 3 is 2.60 bits per heavy atom. The highest BCUT2D eigenvalue weighted by Crippen LogP contribution is 2.13. The molecule has 1 unspecified atom stereocenters. The zero-order valence-corrected chi connectivity index (χ0v) is 9.41. The van der Waals surface area contributed by atoms with Crippen LogP contribution in [0.2, 0.25) is 0 Å². The number of carbonyl (C=O) groups is 1. The molecule has 1 atom stereocenters. The fourth-order valence-electron chi connectivity index (χ4n) is 1.18. The van der Waals surface area contributed by atoms with Gasteiger partial charge in [0.2, 0.25) is 0 Å². The predicted octanol–water partition coefficient (Wildman–Crippen LogP) is 1.80. The first kappa shape index (κ1) is 11.9. The van der Waals surface area contributed by atoms with Crippen molar-refractivity contribution in [3.63, 3.8) is 0 Å². The van der Waals surface area contributed by atoms with Gasteiger partial charge in [0.15, 0.2) is 0 Å². The Hall–Kier alpha value is -1.16. The molecular weight excluding hydrogens is 212 g/mol. The van der Waals surface area contributed by atoms with Gasteiger partial charge in [0.05, 0.1) is 6.61 Å². The molecule has 3 nitrogen and oxygen atoms in total. The summed E-state index contributed by atoms with van der Waals surface area (Å²) >= 11 is 4.16. The Morgan fingerprint density at radius 2 is 2.07 bits per heavy atom. The second-order valence-electron chi connectivity index (χ2n) is 3.14. The highest BCUT2D eigenvalue weighted by molar-refractivity contribution is 7.81. The molecule has 0 saturated carbocycles. The molecule has 0 amide bonds. The fourth-order valence-corrected chi connectivity index (χ4v) is 1.46. The number of phenolic OH excluding ortho intramolecular Hbond substituents is 1. The Bertz CT molecular complexity index is 321. The average Bonchev–Trinajstić information content (AvgIpc) is 2.22. The molecule has 82 valence electrons. The van der Waals surface area contributed by atoms with Crippen molar-refractivity contribution >= 4 is 18.6 Å². The van der Waals surface area contributed by atoms with Gasteiger partial charge in [0, 0.05) is 0 Å². The molecule has 0 radical (unpaired) electrons. The monoisotopic (exact) mass is 226 g/mol. The number of rotatable bonds is 4. The summed E-state index contributed by atoms with van der Waals surface area (Å²) in [6.45, 7) is 2.13. The van der Waals surface area contributed by atoms with Crippen molar-refractivity contribution in [3.05, 3.63) is 29.8 Å². The topological polar surface area (TPSA) is 46.5 Å². The molecule has 0 fully saturated rings. The van der Waals surface area contributed by atoms with Crippen molar-refractivity contribution in [2.24, 2.45) is 0 Å². The normalized spacial score (nSPS) is 12.1. The largest absolute Gasteiger partial charge is 0.508 e. The van der Waals surface area contributed by atoms with Crippen LogP contribution in [0, 0.1) is 0 Å². The summed E-state index contributed by atoms with van der Waals surface area (Å²) in [6.07, 6.45) is 0.502. The number of thiol groups is 1. The molecule has 0 saturated heterocycles. The molecule has 0 aromatic heterocycles. The Morgan fingerprint density at radius 1 is 1.47 bits per heavy atom. The summed E-state index contributed by atoms with van der Waals surface area (Å²) in [6, 6.07) is 6.69. The molecule has 1 aromatic carbocycles. The van der Waals surface area contributed by atoms with Crippen LogP contribution in [0.25, 0.3) is 0 Å². The van der Waals surface area contributed by atoms with E-state index in [1.54, 1.807) is 31.2 Å². The summed E-state index contributed by atoms with van der Waals surface area (Å²) in [5.74, 6) is -0.0977. The quantitative estimate of drug-likeness (QED) is 0.608. The van der Waals surface area contributed by atoms with Crippen molar-refractivity contribution in [1.29, 1.82) is 0 Å². The summed E-state index contributed by atoms with van der Waals surface area (Å²) in [4.78, 5) is 11.3. The first-order chi connectivity index (χ1) is 7.13. The van der Waals surface area contributed by atoms with E-state index in [9.17, 15) is 4.79 Å². The first-order valence-corrected chi connectivity index (χ1v) is 5.27. The van der Waals surface area contributed by atoms with Gasteiger partial charge in [-0.15, -0.1) is 0 Å². The van der Waals surface area contributed by atoms with Gasteiger partial charge in [-0.25, -0.2) is 0 Å². The van der Waals surface area contributed by atoms with Gasteiger partial charge < -0.3 is 9.84 Å². The molecule has 4 heteroatoms. The van der Waals surface area contributed by atoms with E-state index in [4.69, 9.17) is 9.84 Å². The van der Waals surface area contributed by atoms with E-state index in [2.05, 4.69) is 12.6 Å². The van der Waals surface area contributed by atoms with Gasteiger partial charge in [0.1, 0.15) is 11.0 Å². The van der Waals surface area contributed by atoms with E-state index in [0.29, 0.717) is 13.0 Å². The number of esters is 1. The standard InChI is InChI=1S/C11H14O3S/c1-2-14-11(13)10(15)7-8-3-5-9(12)6-4-8/h3-6,10,12,15H,2,7H2,1H3. The zero-order valence-electron chi connectivity index (χ0n) is 8.51. The predicted molar refractivity (Wildman–Crippen MR) is 61.2 cm³/mol. The number of ether oxygens (including phenoxy) is 1. The van der Waals surface area contributed by atoms with E-state index in [0.717, 1.165) is 5.56 Å². The van der Waals surface area contributed by atoms with Crippen molar-refractivity contribution in [1.82, 2.24) is 0 Å². The molecule has 0 aliphatic rings. The molecule has 1 aromatic rings. The first-order valence-electron chi connectivity index (χ1n) is 4.76. The third-order valence-corrected chi connectivity index (χ3v) is 2.32. The summed E-state index contributed by atoms with van der Waals surface area (Å²) in [5.41, 5.74) is 0.945. The number of hydrogen-bond acceptors (Lipinski definition) is 4. The molecule has 0 aliphatic carbocycles. The van der Waals surface area contributed by atoms with Crippen LogP contribution in [0.4, 0.5) is 0 Å². The Balaban J connectivity index is 2.54. The molecule has 0 spiro atoms. The van der Waals surface area contributed by atoms with E-state index in [1.807, 2.05) is 0 Å². The molecule has 0 bridgehead atoms. The SMILES string of the molecule is CCOC(=O)C(S)Cc1ccc(O)cc1. The van der Waals surface area contributed by atoms with E-state index < -0.39 is 5.25 Å². The zero-order chi connectivity index (χ0) is 11.3. The molecule has 1 N–H and O–H groups in total. The van der Waals surface area contributed by atoms with Gasteiger partial charge >= 0.3 is 5.97 Å². The average molecular weight is 226 g/mol. The van der Waals surface area contributed by atoms with Gasteiger partial charge in [0.25, 0.3) is 0 Å². The van der Waals surface area contributed by atoms with Gasteiger partial charge in [-0.3, -0.25) is 4.79 Å². The van der Waals surface area contributed by atoms with Gasteiger partial charge in [-0.2, -0.15) is 12.6 Å². The maximum atomic E-state index is 11.3. The molecule has 0 aliphatic heterocycles. The maximum Gasteiger partial charge on any atom is 0.319 e. The maximum absolute atomic E-state index is 11.3. The smallest absolute Gasteiger partial charge is 0.319 e. The number of hydrogen-bond donors (Lipinski definition) is 2. The lowest BCUT2D eigenvalue weighted by Crippen LogP contribution is -2.20. The number of aromatic hydroxyl groups is 1. The van der Waals surface area contributed by atoms with Crippen LogP contribution in [0.1, 0.15) is 12.5 Å². The second-order valence-corrected chi connectivity index (χ2v) is 3.76. The van der Waals surface area contributed by atoms with Crippen molar-refractivity contribution < 1.29 is 14.6 Å². The fraction of sp³-hybridized carbons (Fsp3) is 0.364. The molecular formula is C11H14O3S. The van der Waals surface area contributed by atoms with Crippen LogP contribution in [0.5, 0.6) is 5.75 Å². The highest BCUT2D eigenvalue weighted by Gasteiger charge is 2.15. The van der Waals surface area contributed by atoms with Crippen LogP contribution in [0.15, 0.2) is 24.3 Å². The van der Waals surface area contributed by atoms with E-state index in [1.165, 1.54) is 0 Å². The van der Waals surface area contributed by atoms with E-state index >= 15 is 0 Å². The third-order valence-electron chi connectivity index (χ3n) is 1.92.